The van der Waals surface area contributed by atoms with E-state index >= 15 is 0 Å². The number of nitrogens with zero attached hydrogens (tertiary/aromatic N) is 3. The lowest BCUT2D eigenvalue weighted by Crippen LogP contribution is -2.23. The van der Waals surface area contributed by atoms with E-state index in [4.69, 9.17) is 14.5 Å². The third kappa shape index (κ3) is 4.38. The number of fused-ring (bicyclic) bond motifs is 1. The Balaban J connectivity index is 2.23. The van der Waals surface area contributed by atoms with Crippen LogP contribution < -0.4 is 15.0 Å². The van der Waals surface area contributed by atoms with Crippen LogP contribution in [0.1, 0.15) is 37.6 Å². The molecule has 1 aromatic heterocycles. The van der Waals surface area contributed by atoms with Crippen molar-refractivity contribution in [2.75, 3.05) is 14.2 Å². The second kappa shape index (κ2) is 9.09. The zero-order valence-corrected chi connectivity index (χ0v) is 19.7. The minimum absolute atomic E-state index is 0.0619. The van der Waals surface area contributed by atoms with Crippen molar-refractivity contribution in [2.24, 2.45) is 5.10 Å². The highest BCUT2D eigenvalue weighted by molar-refractivity contribution is 9.10. The van der Waals surface area contributed by atoms with Gasteiger partial charge in [-0.25, -0.2) is 4.98 Å². The molecule has 0 saturated heterocycles. The summed E-state index contributed by atoms with van der Waals surface area (Å²) in [5, 5.41) is 5.00. The molecule has 0 spiro atoms. The van der Waals surface area contributed by atoms with Gasteiger partial charge in [-0.1, -0.05) is 45.7 Å². The SMILES string of the molecule is CC[C@H](C)c1nc2ccc(Br)cc2c(=O)n1N=Cc1cc(Br)cc(OC)c1OC. The van der Waals surface area contributed by atoms with E-state index in [1.54, 1.807) is 26.5 Å². The first kappa shape index (κ1) is 21.5. The maximum absolute atomic E-state index is 13.2. The van der Waals surface area contributed by atoms with E-state index in [1.165, 1.54) is 4.68 Å². The van der Waals surface area contributed by atoms with Gasteiger partial charge in [0.25, 0.3) is 5.56 Å². The molecule has 0 unspecified atom stereocenters. The van der Waals surface area contributed by atoms with Crippen LogP contribution in [0.4, 0.5) is 0 Å². The van der Waals surface area contributed by atoms with Crippen LogP contribution in [0.5, 0.6) is 11.5 Å². The van der Waals surface area contributed by atoms with Crippen LogP contribution >= 0.6 is 31.9 Å². The Labute approximate surface area is 185 Å². The third-order valence-corrected chi connectivity index (χ3v) is 5.62. The predicted molar refractivity (Wildman–Crippen MR) is 123 cm³/mol. The van der Waals surface area contributed by atoms with Gasteiger partial charge in [0, 0.05) is 20.4 Å². The first-order valence-corrected chi connectivity index (χ1v) is 10.7. The standard InChI is InChI=1S/C21H21Br2N3O3/c1-5-12(2)20-25-17-7-6-14(22)9-16(17)21(27)26(20)24-11-13-8-15(23)10-18(28-3)19(13)29-4/h6-12H,5H2,1-4H3/t12-/m0/s1. The van der Waals surface area contributed by atoms with Crippen molar-refractivity contribution >= 4 is 49.0 Å². The molecule has 0 aliphatic rings. The largest absolute Gasteiger partial charge is 0.493 e. The summed E-state index contributed by atoms with van der Waals surface area (Å²) in [6, 6.07) is 9.13. The molecule has 0 saturated carbocycles. The number of aromatic nitrogens is 2. The Hall–Kier alpha value is -2.19. The van der Waals surface area contributed by atoms with Crippen LogP contribution in [-0.2, 0) is 0 Å². The highest BCUT2D eigenvalue weighted by Gasteiger charge is 2.16. The second-order valence-corrected chi connectivity index (χ2v) is 8.36. The van der Waals surface area contributed by atoms with Crippen molar-refractivity contribution in [3.05, 3.63) is 61.0 Å². The number of methoxy groups -OCH3 is 2. The summed E-state index contributed by atoms with van der Waals surface area (Å²) in [6.07, 6.45) is 2.42. The van der Waals surface area contributed by atoms with Crippen LogP contribution in [0.15, 0.2) is 49.2 Å². The molecule has 3 rings (SSSR count). The van der Waals surface area contributed by atoms with Crippen molar-refractivity contribution in [2.45, 2.75) is 26.2 Å². The molecule has 0 radical (unpaired) electrons. The fourth-order valence-corrected chi connectivity index (χ4v) is 3.77. The lowest BCUT2D eigenvalue weighted by Gasteiger charge is -2.14. The van der Waals surface area contributed by atoms with Crippen LogP contribution in [0, 0.1) is 0 Å². The van der Waals surface area contributed by atoms with E-state index in [-0.39, 0.29) is 11.5 Å². The highest BCUT2D eigenvalue weighted by atomic mass is 79.9. The molecule has 0 bridgehead atoms. The molecule has 8 heteroatoms. The van der Waals surface area contributed by atoms with Gasteiger partial charge in [-0.2, -0.15) is 9.78 Å². The van der Waals surface area contributed by atoms with Crippen LogP contribution in [0.25, 0.3) is 10.9 Å². The molecule has 0 N–H and O–H groups in total. The Morgan fingerprint density at radius 1 is 1.17 bits per heavy atom. The van der Waals surface area contributed by atoms with E-state index < -0.39 is 0 Å². The van der Waals surface area contributed by atoms with Gasteiger partial charge in [0.15, 0.2) is 11.5 Å². The normalized spacial score (nSPS) is 12.5. The minimum atomic E-state index is -0.219. The molecule has 6 nitrogen and oxygen atoms in total. The zero-order valence-electron chi connectivity index (χ0n) is 16.6. The van der Waals surface area contributed by atoms with Gasteiger partial charge in [-0.05, 0) is 36.8 Å². The molecule has 1 atom stereocenters. The van der Waals surface area contributed by atoms with Crippen LogP contribution in [0.2, 0.25) is 0 Å². The summed E-state index contributed by atoms with van der Waals surface area (Å²) < 4.78 is 13.9. The Kier molecular flexibility index (Phi) is 6.74. The van der Waals surface area contributed by atoms with Gasteiger partial charge in [-0.3, -0.25) is 4.79 Å². The van der Waals surface area contributed by atoms with E-state index in [0.717, 1.165) is 15.4 Å². The average molecular weight is 523 g/mol. The van der Waals surface area contributed by atoms with E-state index in [1.807, 2.05) is 31.2 Å². The predicted octanol–water partition coefficient (Wildman–Crippen LogP) is 5.33. The van der Waals surface area contributed by atoms with Gasteiger partial charge in [0.05, 0.1) is 31.3 Å². The summed E-state index contributed by atoms with van der Waals surface area (Å²) in [5.41, 5.74) is 1.11. The first-order chi connectivity index (χ1) is 13.9. The molecule has 152 valence electrons. The van der Waals surface area contributed by atoms with Crippen LogP contribution in [0.3, 0.4) is 0 Å². The fourth-order valence-electron chi connectivity index (χ4n) is 2.95. The first-order valence-electron chi connectivity index (χ1n) is 9.07. The quantitative estimate of drug-likeness (QED) is 0.410. The molecule has 3 aromatic rings. The lowest BCUT2D eigenvalue weighted by molar-refractivity contribution is 0.354. The van der Waals surface area contributed by atoms with Gasteiger partial charge < -0.3 is 9.47 Å². The maximum atomic E-state index is 13.2. The second-order valence-electron chi connectivity index (χ2n) is 6.53. The molecular weight excluding hydrogens is 502 g/mol. The van der Waals surface area contributed by atoms with E-state index in [0.29, 0.717) is 33.8 Å². The molecule has 2 aromatic carbocycles. The molecule has 1 heterocycles. The summed E-state index contributed by atoms with van der Waals surface area (Å²) in [5.74, 6) is 1.78. The van der Waals surface area contributed by atoms with Crippen LogP contribution in [-0.4, -0.2) is 30.1 Å². The molecule has 29 heavy (non-hydrogen) atoms. The fraction of sp³-hybridized carbons (Fsp3) is 0.286. The number of benzene rings is 2. The average Bonchev–Trinajstić information content (AvgIpc) is 2.72. The number of hydrogen-bond donors (Lipinski definition) is 0. The monoisotopic (exact) mass is 521 g/mol. The van der Waals surface area contributed by atoms with Crippen molar-refractivity contribution < 1.29 is 9.47 Å². The lowest BCUT2D eigenvalue weighted by atomic mass is 10.1. The number of ether oxygens (including phenoxy) is 2. The Morgan fingerprint density at radius 3 is 2.59 bits per heavy atom. The number of halogens is 2. The van der Waals surface area contributed by atoms with Crippen molar-refractivity contribution in [3.8, 4) is 11.5 Å². The van der Waals surface area contributed by atoms with E-state index in [9.17, 15) is 4.79 Å². The molecule has 0 aliphatic heterocycles. The van der Waals surface area contributed by atoms with Gasteiger partial charge in [0.2, 0.25) is 0 Å². The summed E-state index contributed by atoms with van der Waals surface area (Å²) in [6.45, 7) is 4.08. The van der Waals surface area contributed by atoms with Crippen molar-refractivity contribution in [3.63, 3.8) is 0 Å². The summed E-state index contributed by atoms with van der Waals surface area (Å²) >= 11 is 6.88. The summed E-state index contributed by atoms with van der Waals surface area (Å²) in [4.78, 5) is 17.9. The molecule has 0 amide bonds. The molecule has 0 aliphatic carbocycles. The summed E-state index contributed by atoms with van der Waals surface area (Å²) in [7, 11) is 3.14. The maximum Gasteiger partial charge on any atom is 0.282 e. The number of hydrogen-bond acceptors (Lipinski definition) is 5. The van der Waals surface area contributed by atoms with Gasteiger partial charge >= 0.3 is 0 Å². The smallest absolute Gasteiger partial charge is 0.282 e. The van der Waals surface area contributed by atoms with Gasteiger partial charge in [0.1, 0.15) is 5.82 Å². The molecular formula is C21H21Br2N3O3. The topological polar surface area (TPSA) is 65.7 Å². The Morgan fingerprint density at radius 2 is 1.93 bits per heavy atom. The zero-order chi connectivity index (χ0) is 21.1. The Bertz CT molecular complexity index is 1140. The molecule has 0 fully saturated rings. The van der Waals surface area contributed by atoms with Crippen molar-refractivity contribution in [1.82, 2.24) is 9.66 Å². The van der Waals surface area contributed by atoms with Crippen molar-refractivity contribution in [1.29, 1.82) is 0 Å². The highest BCUT2D eigenvalue weighted by Crippen LogP contribution is 2.33. The van der Waals surface area contributed by atoms with Gasteiger partial charge in [-0.15, -0.1) is 0 Å². The third-order valence-electron chi connectivity index (χ3n) is 4.67. The minimum Gasteiger partial charge on any atom is -0.493 e. The van der Waals surface area contributed by atoms with E-state index in [2.05, 4.69) is 43.9 Å². The number of rotatable bonds is 6.